The van der Waals surface area contributed by atoms with Crippen LogP contribution in [-0.2, 0) is 4.74 Å². The Balaban J connectivity index is 2.24. The monoisotopic (exact) mass is 428 g/mol. The zero-order valence-corrected chi connectivity index (χ0v) is 19.0. The maximum atomic E-state index is 6.26. The molecule has 0 radical (unpaired) electrons. The van der Waals surface area contributed by atoms with Gasteiger partial charge in [0, 0.05) is 25.6 Å². The summed E-state index contributed by atoms with van der Waals surface area (Å²) in [7, 11) is 0. The molecule has 0 fully saturated rings. The van der Waals surface area contributed by atoms with Crippen molar-refractivity contribution in [2.24, 2.45) is 10.9 Å². The number of hydrogen-bond acceptors (Lipinski definition) is 4. The van der Waals surface area contributed by atoms with E-state index in [1.165, 1.54) is 0 Å². The molecule has 0 aliphatic carbocycles. The Morgan fingerprint density at radius 3 is 2.83 bits per heavy atom. The van der Waals surface area contributed by atoms with E-state index in [-0.39, 0.29) is 5.92 Å². The molecule has 1 aromatic heterocycles. The van der Waals surface area contributed by atoms with Crippen LogP contribution < -0.4 is 5.32 Å². The van der Waals surface area contributed by atoms with Gasteiger partial charge in [0.15, 0.2) is 11.5 Å². The second-order valence-corrected chi connectivity index (χ2v) is 8.02. The van der Waals surface area contributed by atoms with Gasteiger partial charge in [0.1, 0.15) is 10.9 Å². The van der Waals surface area contributed by atoms with E-state index < -0.39 is 0 Å². The van der Waals surface area contributed by atoms with Gasteiger partial charge in [-0.25, -0.2) is 4.99 Å². The second-order valence-electron chi connectivity index (χ2n) is 7.58. The van der Waals surface area contributed by atoms with Crippen molar-refractivity contribution in [3.63, 3.8) is 0 Å². The van der Waals surface area contributed by atoms with Gasteiger partial charge in [-0.1, -0.05) is 68.5 Å². The van der Waals surface area contributed by atoms with Gasteiger partial charge in [-0.15, -0.1) is 6.58 Å². The van der Waals surface area contributed by atoms with Gasteiger partial charge in [-0.05, 0) is 30.8 Å². The second kappa shape index (κ2) is 11.8. The Morgan fingerprint density at radius 1 is 1.40 bits per heavy atom. The van der Waals surface area contributed by atoms with Gasteiger partial charge < -0.3 is 14.5 Å². The molecule has 5 heteroatoms. The molecular formula is C25H33ClN2O2. The summed E-state index contributed by atoms with van der Waals surface area (Å²) in [5, 5.41) is 3.81. The van der Waals surface area contributed by atoms with Crippen molar-refractivity contribution >= 4 is 33.7 Å². The Morgan fingerprint density at radius 2 is 2.17 bits per heavy atom. The van der Waals surface area contributed by atoms with Gasteiger partial charge in [0.2, 0.25) is 0 Å². The quantitative estimate of drug-likeness (QED) is 0.220. The molecule has 4 nitrogen and oxygen atoms in total. The van der Waals surface area contributed by atoms with E-state index in [9.17, 15) is 0 Å². The van der Waals surface area contributed by atoms with Gasteiger partial charge >= 0.3 is 0 Å². The normalized spacial score (nSPS) is 16.8. The highest BCUT2D eigenvalue weighted by atomic mass is 35.5. The van der Waals surface area contributed by atoms with E-state index in [4.69, 9.17) is 20.8 Å². The van der Waals surface area contributed by atoms with Crippen molar-refractivity contribution in [1.29, 1.82) is 0 Å². The predicted octanol–water partition coefficient (Wildman–Crippen LogP) is 7.04. The van der Waals surface area contributed by atoms with Crippen molar-refractivity contribution in [1.82, 2.24) is 5.32 Å². The van der Waals surface area contributed by atoms with Crippen LogP contribution in [0.4, 0.5) is 5.69 Å². The van der Waals surface area contributed by atoms with Crippen LogP contribution in [0.2, 0.25) is 0 Å². The smallest absolute Gasteiger partial charge is 0.156 e. The van der Waals surface area contributed by atoms with Gasteiger partial charge in [0.25, 0.3) is 0 Å². The average Bonchev–Trinajstić information content (AvgIpc) is 3.11. The van der Waals surface area contributed by atoms with Crippen molar-refractivity contribution in [3.05, 3.63) is 67.2 Å². The minimum atomic E-state index is 0.275. The van der Waals surface area contributed by atoms with Gasteiger partial charge in [-0.2, -0.15) is 0 Å². The molecule has 1 atom stereocenters. The number of ether oxygens (including phenoxy) is 1. The van der Waals surface area contributed by atoms with E-state index in [0.717, 1.165) is 41.9 Å². The SMILES string of the molecule is C=CC/C(Cl)=N\c1cc(C2=CC(C)C(=C)CN2)oc1C(=C)CC(=C)CCOCCC. The summed E-state index contributed by atoms with van der Waals surface area (Å²) < 4.78 is 11.8. The fraction of sp³-hybridized carbons (Fsp3) is 0.400. The fourth-order valence-corrected chi connectivity index (χ4v) is 3.25. The van der Waals surface area contributed by atoms with Crippen LogP contribution in [0.25, 0.3) is 11.3 Å². The highest BCUT2D eigenvalue weighted by molar-refractivity contribution is 6.65. The third kappa shape index (κ3) is 6.89. The van der Waals surface area contributed by atoms with Crippen LogP contribution in [0.5, 0.6) is 0 Å². The van der Waals surface area contributed by atoms with Crippen molar-refractivity contribution in [2.45, 2.75) is 39.5 Å². The third-order valence-electron chi connectivity index (χ3n) is 4.83. The molecule has 162 valence electrons. The summed E-state index contributed by atoms with van der Waals surface area (Å²) in [5.41, 5.74) is 4.59. The summed E-state index contributed by atoms with van der Waals surface area (Å²) in [6, 6.07) is 1.90. The number of aliphatic imine (C=N–C) groups is 1. The minimum absolute atomic E-state index is 0.275. The molecule has 0 amide bonds. The van der Waals surface area contributed by atoms with Crippen molar-refractivity contribution in [2.75, 3.05) is 19.8 Å². The highest BCUT2D eigenvalue weighted by Gasteiger charge is 2.20. The third-order valence-corrected chi connectivity index (χ3v) is 5.07. The molecule has 1 aliphatic heterocycles. The lowest BCUT2D eigenvalue weighted by Crippen LogP contribution is -2.23. The molecule has 30 heavy (non-hydrogen) atoms. The highest BCUT2D eigenvalue weighted by Crippen LogP contribution is 2.36. The van der Waals surface area contributed by atoms with E-state index in [2.05, 4.69) is 56.5 Å². The lowest BCUT2D eigenvalue weighted by atomic mass is 9.97. The van der Waals surface area contributed by atoms with E-state index >= 15 is 0 Å². The Labute approximate surface area is 185 Å². The summed E-state index contributed by atoms with van der Waals surface area (Å²) in [4.78, 5) is 4.54. The largest absolute Gasteiger partial charge is 0.453 e. The number of nitrogens with zero attached hydrogens (tertiary/aromatic N) is 1. The van der Waals surface area contributed by atoms with Gasteiger partial charge in [0.05, 0.1) is 12.3 Å². The van der Waals surface area contributed by atoms with Crippen LogP contribution >= 0.6 is 11.6 Å². The Bertz CT molecular complexity index is 860. The zero-order valence-electron chi connectivity index (χ0n) is 18.2. The molecule has 0 spiro atoms. The molecule has 2 heterocycles. The van der Waals surface area contributed by atoms with E-state index in [1.807, 2.05) is 6.07 Å². The summed E-state index contributed by atoms with van der Waals surface area (Å²) >= 11 is 6.26. The predicted molar refractivity (Wildman–Crippen MR) is 129 cm³/mol. The van der Waals surface area contributed by atoms with Crippen LogP contribution in [0, 0.1) is 5.92 Å². The summed E-state index contributed by atoms with van der Waals surface area (Å²) in [5.74, 6) is 1.61. The number of hydrogen-bond donors (Lipinski definition) is 1. The molecule has 2 rings (SSSR count). The number of nitrogens with one attached hydrogen (secondary N) is 1. The van der Waals surface area contributed by atoms with Crippen LogP contribution in [0.1, 0.15) is 51.1 Å². The standard InChI is InChI=1S/C25H33ClN2O2/c1-7-9-24(26)28-22-15-23(21-14-18(4)20(6)16-27-21)30-25(22)19(5)13-17(3)10-12-29-11-8-2/h7,14-15,18,27H,1,3,5-6,8-13,16H2,2,4H3/b28-24+. The lowest BCUT2D eigenvalue weighted by Gasteiger charge is -2.21. The topological polar surface area (TPSA) is 46.8 Å². The first kappa shape index (κ1) is 24.0. The van der Waals surface area contributed by atoms with Crippen LogP contribution in [0.3, 0.4) is 0 Å². The van der Waals surface area contributed by atoms with Gasteiger partial charge in [-0.3, -0.25) is 0 Å². The number of rotatable bonds is 12. The average molecular weight is 429 g/mol. The molecule has 1 aromatic rings. The first-order valence-electron chi connectivity index (χ1n) is 10.4. The molecule has 0 aromatic carbocycles. The lowest BCUT2D eigenvalue weighted by molar-refractivity contribution is 0.137. The maximum Gasteiger partial charge on any atom is 0.156 e. The first-order chi connectivity index (χ1) is 14.3. The zero-order chi connectivity index (χ0) is 22.1. The summed E-state index contributed by atoms with van der Waals surface area (Å²) in [6.07, 6.45) is 6.74. The van der Waals surface area contributed by atoms with E-state index in [1.54, 1.807) is 6.08 Å². The minimum Gasteiger partial charge on any atom is -0.453 e. The molecule has 0 bridgehead atoms. The number of furan rings is 1. The Kier molecular flexibility index (Phi) is 9.41. The maximum absolute atomic E-state index is 6.26. The fourth-order valence-electron chi connectivity index (χ4n) is 3.05. The number of halogens is 1. The van der Waals surface area contributed by atoms with Crippen LogP contribution in [0.15, 0.2) is 65.1 Å². The summed E-state index contributed by atoms with van der Waals surface area (Å²) in [6.45, 7) is 22.6. The molecule has 1 aliphatic rings. The van der Waals surface area contributed by atoms with Crippen molar-refractivity contribution in [3.8, 4) is 0 Å². The molecule has 1 unspecified atom stereocenters. The number of allylic oxidation sites excluding steroid dienone is 3. The van der Waals surface area contributed by atoms with E-state index in [0.29, 0.717) is 48.4 Å². The Hall–Kier alpha value is -2.30. The molecule has 0 saturated carbocycles. The molecule has 0 saturated heterocycles. The first-order valence-corrected chi connectivity index (χ1v) is 10.8. The molecule has 1 N–H and O–H groups in total. The molecular weight excluding hydrogens is 396 g/mol. The van der Waals surface area contributed by atoms with Crippen molar-refractivity contribution < 1.29 is 9.15 Å². The van der Waals surface area contributed by atoms with Crippen LogP contribution in [-0.4, -0.2) is 24.9 Å².